The molecule has 0 amide bonds. The molecule has 0 bridgehead atoms. The van der Waals surface area contributed by atoms with Crippen LogP contribution in [-0.2, 0) is 4.74 Å². The second-order valence-electron chi connectivity index (χ2n) is 4.49. The molecule has 2 rings (SSSR count). The maximum atomic E-state index is 5.36. The van der Waals surface area contributed by atoms with Gasteiger partial charge in [-0.3, -0.25) is 4.90 Å². The Balaban J connectivity index is 1.83. The van der Waals surface area contributed by atoms with Crippen molar-refractivity contribution in [1.29, 1.82) is 0 Å². The van der Waals surface area contributed by atoms with Crippen molar-refractivity contribution in [2.24, 2.45) is 0 Å². The average Bonchev–Trinajstić information content (AvgIpc) is 2.42. The molecule has 3 nitrogen and oxygen atoms in total. The molecule has 0 spiro atoms. The minimum Gasteiger partial charge on any atom is -0.379 e. The van der Waals surface area contributed by atoms with E-state index >= 15 is 0 Å². The lowest BCUT2D eigenvalue weighted by molar-refractivity contribution is 0.0362. The zero-order valence-electron chi connectivity index (χ0n) is 10.6. The maximum Gasteiger partial charge on any atom is 0.0594 e. The van der Waals surface area contributed by atoms with Gasteiger partial charge >= 0.3 is 0 Å². The van der Waals surface area contributed by atoms with E-state index in [2.05, 4.69) is 40.5 Å². The van der Waals surface area contributed by atoms with Crippen molar-refractivity contribution in [2.75, 3.05) is 39.9 Å². The fraction of sp³-hybridized carbons (Fsp3) is 0.571. The molecule has 0 saturated carbocycles. The monoisotopic (exact) mass is 234 g/mol. The van der Waals surface area contributed by atoms with Gasteiger partial charge < -0.3 is 10.1 Å². The summed E-state index contributed by atoms with van der Waals surface area (Å²) in [5, 5.41) is 3.40. The lowest BCUT2D eigenvalue weighted by Crippen LogP contribution is -2.38. The molecule has 94 valence electrons. The number of nitrogens with zero attached hydrogens (tertiary/aromatic N) is 1. The average molecular weight is 234 g/mol. The van der Waals surface area contributed by atoms with Gasteiger partial charge in [-0.05, 0) is 19.0 Å². The minimum atomic E-state index is 0.457. The summed E-state index contributed by atoms with van der Waals surface area (Å²) < 4.78 is 5.36. The van der Waals surface area contributed by atoms with Crippen LogP contribution in [0.15, 0.2) is 30.3 Å². The third-order valence-electron chi connectivity index (χ3n) is 3.39. The van der Waals surface area contributed by atoms with Crippen LogP contribution in [0.4, 0.5) is 0 Å². The number of hydrogen-bond donors (Lipinski definition) is 1. The highest BCUT2D eigenvalue weighted by Crippen LogP contribution is 2.16. The van der Waals surface area contributed by atoms with Gasteiger partial charge in [-0.15, -0.1) is 0 Å². The van der Waals surface area contributed by atoms with Crippen LogP contribution in [0.5, 0.6) is 0 Å². The predicted octanol–water partition coefficient (Wildman–Crippen LogP) is 1.67. The summed E-state index contributed by atoms with van der Waals surface area (Å²) in [7, 11) is 2.04. The Kier molecular flexibility index (Phi) is 4.98. The first kappa shape index (κ1) is 12.6. The first-order valence-electron chi connectivity index (χ1n) is 6.42. The fourth-order valence-electron chi connectivity index (χ4n) is 2.30. The van der Waals surface area contributed by atoms with E-state index in [-0.39, 0.29) is 0 Å². The van der Waals surface area contributed by atoms with Crippen LogP contribution in [0.1, 0.15) is 18.0 Å². The zero-order valence-corrected chi connectivity index (χ0v) is 10.6. The largest absolute Gasteiger partial charge is 0.379 e. The van der Waals surface area contributed by atoms with Crippen molar-refractivity contribution in [3.63, 3.8) is 0 Å². The molecule has 1 aliphatic heterocycles. The molecule has 0 aromatic heterocycles. The number of ether oxygens (including phenoxy) is 1. The van der Waals surface area contributed by atoms with Gasteiger partial charge in [0.05, 0.1) is 13.2 Å². The molecule has 17 heavy (non-hydrogen) atoms. The Labute approximate surface area is 104 Å². The summed E-state index contributed by atoms with van der Waals surface area (Å²) >= 11 is 0. The summed E-state index contributed by atoms with van der Waals surface area (Å²) in [6.07, 6.45) is 1.15. The van der Waals surface area contributed by atoms with Crippen molar-refractivity contribution in [1.82, 2.24) is 10.2 Å². The molecule has 1 aliphatic rings. The highest BCUT2D eigenvalue weighted by molar-refractivity contribution is 5.18. The lowest BCUT2D eigenvalue weighted by Gasteiger charge is -2.28. The van der Waals surface area contributed by atoms with Crippen LogP contribution < -0.4 is 5.32 Å². The topological polar surface area (TPSA) is 24.5 Å². The van der Waals surface area contributed by atoms with Crippen molar-refractivity contribution in [2.45, 2.75) is 12.5 Å². The van der Waals surface area contributed by atoms with Crippen LogP contribution in [0, 0.1) is 0 Å². The normalized spacial score (nSPS) is 19.1. The number of hydrogen-bond acceptors (Lipinski definition) is 3. The van der Waals surface area contributed by atoms with Gasteiger partial charge in [-0.2, -0.15) is 0 Å². The quantitative estimate of drug-likeness (QED) is 0.838. The molecule has 1 unspecified atom stereocenters. The van der Waals surface area contributed by atoms with E-state index in [4.69, 9.17) is 4.74 Å². The lowest BCUT2D eigenvalue weighted by atomic mass is 10.0. The van der Waals surface area contributed by atoms with Crippen molar-refractivity contribution < 1.29 is 4.74 Å². The molecule has 1 aromatic carbocycles. The molecule has 1 saturated heterocycles. The molecule has 1 aromatic rings. The van der Waals surface area contributed by atoms with Gasteiger partial charge in [0, 0.05) is 25.7 Å². The minimum absolute atomic E-state index is 0.457. The van der Waals surface area contributed by atoms with Crippen LogP contribution in [-0.4, -0.2) is 44.8 Å². The molecule has 1 atom stereocenters. The first-order valence-corrected chi connectivity index (χ1v) is 6.42. The molecule has 3 heteroatoms. The van der Waals surface area contributed by atoms with Crippen LogP contribution in [0.2, 0.25) is 0 Å². The SMILES string of the molecule is CNC(CCN1CCOCC1)c1ccccc1. The Hall–Kier alpha value is -0.900. The zero-order chi connectivity index (χ0) is 11.9. The Morgan fingerprint density at radius 3 is 2.59 bits per heavy atom. The number of nitrogens with one attached hydrogen (secondary N) is 1. The number of rotatable bonds is 5. The standard InChI is InChI=1S/C14H22N2O/c1-15-14(13-5-3-2-4-6-13)7-8-16-9-11-17-12-10-16/h2-6,14-15H,7-12H2,1H3. The molecular weight excluding hydrogens is 212 g/mol. The molecule has 0 radical (unpaired) electrons. The Morgan fingerprint density at radius 2 is 1.94 bits per heavy atom. The van der Waals surface area contributed by atoms with Gasteiger partial charge in [0.2, 0.25) is 0 Å². The van der Waals surface area contributed by atoms with E-state index in [1.54, 1.807) is 0 Å². The second-order valence-corrected chi connectivity index (χ2v) is 4.49. The summed E-state index contributed by atoms with van der Waals surface area (Å²) in [6, 6.07) is 11.1. The van der Waals surface area contributed by atoms with Crippen molar-refractivity contribution >= 4 is 0 Å². The third-order valence-corrected chi connectivity index (χ3v) is 3.39. The van der Waals surface area contributed by atoms with E-state index in [1.165, 1.54) is 5.56 Å². The predicted molar refractivity (Wildman–Crippen MR) is 70.1 cm³/mol. The van der Waals surface area contributed by atoms with Gasteiger partial charge in [0.25, 0.3) is 0 Å². The van der Waals surface area contributed by atoms with Crippen LogP contribution in [0.25, 0.3) is 0 Å². The van der Waals surface area contributed by atoms with Gasteiger partial charge in [-0.25, -0.2) is 0 Å². The van der Waals surface area contributed by atoms with E-state index < -0.39 is 0 Å². The molecule has 1 heterocycles. The first-order chi connectivity index (χ1) is 8.40. The van der Waals surface area contributed by atoms with Gasteiger partial charge in [0.15, 0.2) is 0 Å². The summed E-state index contributed by atoms with van der Waals surface area (Å²) in [6.45, 7) is 5.06. The second kappa shape index (κ2) is 6.74. The third kappa shape index (κ3) is 3.80. The summed E-state index contributed by atoms with van der Waals surface area (Å²) in [4.78, 5) is 2.48. The fourth-order valence-corrected chi connectivity index (χ4v) is 2.30. The van der Waals surface area contributed by atoms with Gasteiger partial charge in [-0.1, -0.05) is 30.3 Å². The van der Waals surface area contributed by atoms with E-state index in [0.717, 1.165) is 39.3 Å². The highest BCUT2D eigenvalue weighted by Gasteiger charge is 2.13. The smallest absolute Gasteiger partial charge is 0.0594 e. The maximum absolute atomic E-state index is 5.36. The summed E-state index contributed by atoms with van der Waals surface area (Å²) in [5.41, 5.74) is 1.38. The molecule has 1 fully saturated rings. The molecule has 1 N–H and O–H groups in total. The highest BCUT2D eigenvalue weighted by atomic mass is 16.5. The number of benzene rings is 1. The number of morpholine rings is 1. The van der Waals surface area contributed by atoms with E-state index in [0.29, 0.717) is 6.04 Å². The Bertz CT molecular complexity index is 309. The van der Waals surface area contributed by atoms with E-state index in [9.17, 15) is 0 Å². The Morgan fingerprint density at radius 1 is 1.24 bits per heavy atom. The van der Waals surface area contributed by atoms with Crippen molar-refractivity contribution in [3.8, 4) is 0 Å². The van der Waals surface area contributed by atoms with Crippen LogP contribution >= 0.6 is 0 Å². The molecule has 0 aliphatic carbocycles. The van der Waals surface area contributed by atoms with Crippen LogP contribution in [0.3, 0.4) is 0 Å². The summed E-state index contributed by atoms with van der Waals surface area (Å²) in [5.74, 6) is 0. The van der Waals surface area contributed by atoms with Crippen molar-refractivity contribution in [3.05, 3.63) is 35.9 Å². The van der Waals surface area contributed by atoms with E-state index in [1.807, 2.05) is 7.05 Å². The van der Waals surface area contributed by atoms with Gasteiger partial charge in [0.1, 0.15) is 0 Å². The molecular formula is C14H22N2O.